The van der Waals surface area contributed by atoms with Gasteiger partial charge in [-0.25, -0.2) is 0 Å². The van der Waals surface area contributed by atoms with Crippen molar-refractivity contribution in [2.45, 2.75) is 79.1 Å². The lowest BCUT2D eigenvalue weighted by molar-refractivity contribution is 0.392. The summed E-state index contributed by atoms with van der Waals surface area (Å²) in [6.45, 7) is 9.50. The fourth-order valence-corrected chi connectivity index (χ4v) is 2.73. The fraction of sp³-hybridized carbons (Fsp3) is 1.00. The van der Waals surface area contributed by atoms with E-state index in [1.54, 1.807) is 0 Å². The minimum absolute atomic E-state index is 0.881. The van der Waals surface area contributed by atoms with E-state index in [4.69, 9.17) is 0 Å². The van der Waals surface area contributed by atoms with Gasteiger partial charge in [-0.2, -0.15) is 0 Å². The predicted octanol–water partition coefficient (Wildman–Crippen LogP) is 6.43. The SMILES string of the molecule is CC(C)CCCC(C)CCCC(C)CCCBr. The summed E-state index contributed by atoms with van der Waals surface area (Å²) in [5, 5.41) is 1.17. The molecule has 0 aliphatic rings. The van der Waals surface area contributed by atoms with E-state index in [2.05, 4.69) is 43.6 Å². The van der Waals surface area contributed by atoms with Crippen LogP contribution in [0, 0.1) is 17.8 Å². The summed E-state index contributed by atoms with van der Waals surface area (Å²) in [4.78, 5) is 0. The molecule has 0 rings (SSSR count). The van der Waals surface area contributed by atoms with E-state index in [1.807, 2.05) is 0 Å². The first-order valence-electron chi connectivity index (χ1n) is 7.62. The summed E-state index contributed by atoms with van der Waals surface area (Å²) in [7, 11) is 0. The van der Waals surface area contributed by atoms with Crippen molar-refractivity contribution in [3.05, 3.63) is 0 Å². The Morgan fingerprint density at radius 2 is 1.06 bits per heavy atom. The Morgan fingerprint density at radius 3 is 1.47 bits per heavy atom. The van der Waals surface area contributed by atoms with Crippen LogP contribution in [-0.2, 0) is 0 Å². The van der Waals surface area contributed by atoms with E-state index in [1.165, 1.54) is 56.7 Å². The molecule has 0 aromatic carbocycles. The Balaban J connectivity index is 3.34. The number of rotatable bonds is 11. The first-order chi connectivity index (χ1) is 8.06. The molecule has 2 atom stereocenters. The zero-order valence-electron chi connectivity index (χ0n) is 12.5. The highest BCUT2D eigenvalue weighted by atomic mass is 79.9. The third-order valence-corrected chi connectivity index (χ3v) is 4.26. The van der Waals surface area contributed by atoms with Crippen LogP contribution in [0.5, 0.6) is 0 Å². The third-order valence-electron chi connectivity index (χ3n) is 3.70. The Bertz CT molecular complexity index is 154. The highest BCUT2D eigenvalue weighted by Crippen LogP contribution is 2.20. The van der Waals surface area contributed by atoms with Crippen molar-refractivity contribution < 1.29 is 0 Å². The van der Waals surface area contributed by atoms with Gasteiger partial charge in [-0.1, -0.05) is 82.1 Å². The normalized spacial score (nSPS) is 15.2. The molecule has 0 heterocycles. The van der Waals surface area contributed by atoms with Crippen LogP contribution >= 0.6 is 15.9 Å². The van der Waals surface area contributed by atoms with E-state index in [0.29, 0.717) is 0 Å². The molecule has 0 amide bonds. The maximum Gasteiger partial charge on any atom is 0.00314 e. The average Bonchev–Trinajstić information content (AvgIpc) is 2.25. The van der Waals surface area contributed by atoms with Crippen molar-refractivity contribution in [1.82, 2.24) is 0 Å². The summed E-state index contributed by atoms with van der Waals surface area (Å²) in [5.74, 6) is 2.75. The largest absolute Gasteiger partial charge is 0.0928 e. The minimum Gasteiger partial charge on any atom is -0.0928 e. The lowest BCUT2D eigenvalue weighted by Gasteiger charge is -2.14. The standard InChI is InChI=1S/C16H33Br/c1-14(2)8-5-9-15(3)10-6-11-16(4)12-7-13-17/h14-16H,5-13H2,1-4H3. The molecule has 2 unspecified atom stereocenters. The van der Waals surface area contributed by atoms with Gasteiger partial charge in [0, 0.05) is 5.33 Å². The molecule has 17 heavy (non-hydrogen) atoms. The average molecular weight is 305 g/mol. The van der Waals surface area contributed by atoms with Crippen LogP contribution in [0.2, 0.25) is 0 Å². The van der Waals surface area contributed by atoms with E-state index >= 15 is 0 Å². The molecule has 104 valence electrons. The van der Waals surface area contributed by atoms with Gasteiger partial charge in [0.05, 0.1) is 0 Å². The lowest BCUT2D eigenvalue weighted by Crippen LogP contribution is -2.00. The van der Waals surface area contributed by atoms with Crippen LogP contribution in [0.15, 0.2) is 0 Å². The molecular formula is C16H33Br. The molecule has 0 aliphatic heterocycles. The van der Waals surface area contributed by atoms with Gasteiger partial charge in [-0.15, -0.1) is 0 Å². The predicted molar refractivity (Wildman–Crippen MR) is 83.9 cm³/mol. The maximum absolute atomic E-state index is 3.51. The molecule has 0 nitrogen and oxygen atoms in total. The quantitative estimate of drug-likeness (QED) is 0.386. The van der Waals surface area contributed by atoms with Crippen molar-refractivity contribution >= 4 is 15.9 Å². The fourth-order valence-electron chi connectivity index (χ4n) is 2.40. The summed E-state index contributed by atoms with van der Waals surface area (Å²) < 4.78 is 0. The maximum atomic E-state index is 3.51. The summed E-state index contributed by atoms with van der Waals surface area (Å²) in [6.07, 6.45) is 11.3. The number of hydrogen-bond donors (Lipinski definition) is 0. The van der Waals surface area contributed by atoms with Crippen molar-refractivity contribution in [3.63, 3.8) is 0 Å². The van der Waals surface area contributed by atoms with E-state index in [-0.39, 0.29) is 0 Å². The monoisotopic (exact) mass is 304 g/mol. The Labute approximate surface area is 118 Å². The second-order valence-electron chi connectivity index (χ2n) is 6.30. The molecule has 0 aliphatic carbocycles. The van der Waals surface area contributed by atoms with Crippen LogP contribution in [0.4, 0.5) is 0 Å². The van der Waals surface area contributed by atoms with E-state index in [9.17, 15) is 0 Å². The highest BCUT2D eigenvalue weighted by molar-refractivity contribution is 9.09. The van der Waals surface area contributed by atoms with E-state index < -0.39 is 0 Å². The van der Waals surface area contributed by atoms with Crippen molar-refractivity contribution in [1.29, 1.82) is 0 Å². The van der Waals surface area contributed by atoms with Gasteiger partial charge in [0.15, 0.2) is 0 Å². The minimum atomic E-state index is 0.881. The van der Waals surface area contributed by atoms with Crippen LogP contribution in [-0.4, -0.2) is 5.33 Å². The Kier molecular flexibility index (Phi) is 11.9. The summed E-state index contributed by atoms with van der Waals surface area (Å²) in [6, 6.07) is 0. The molecule has 0 aromatic heterocycles. The second kappa shape index (κ2) is 11.6. The molecule has 0 saturated heterocycles. The third kappa shape index (κ3) is 12.7. The molecule has 0 N–H and O–H groups in total. The molecule has 0 saturated carbocycles. The van der Waals surface area contributed by atoms with Gasteiger partial charge < -0.3 is 0 Å². The van der Waals surface area contributed by atoms with Crippen LogP contribution in [0.25, 0.3) is 0 Å². The second-order valence-corrected chi connectivity index (χ2v) is 7.09. The number of alkyl halides is 1. The smallest absolute Gasteiger partial charge is 0.00314 e. The van der Waals surface area contributed by atoms with Gasteiger partial charge >= 0.3 is 0 Å². The van der Waals surface area contributed by atoms with Gasteiger partial charge in [-0.3, -0.25) is 0 Å². The zero-order valence-corrected chi connectivity index (χ0v) is 14.1. The molecule has 0 radical (unpaired) electrons. The topological polar surface area (TPSA) is 0 Å². The molecule has 0 aromatic rings. The van der Waals surface area contributed by atoms with Crippen molar-refractivity contribution in [3.8, 4) is 0 Å². The highest BCUT2D eigenvalue weighted by Gasteiger charge is 2.06. The van der Waals surface area contributed by atoms with Gasteiger partial charge in [-0.05, 0) is 30.6 Å². The molecular weight excluding hydrogens is 272 g/mol. The zero-order chi connectivity index (χ0) is 13.1. The van der Waals surface area contributed by atoms with Crippen LogP contribution < -0.4 is 0 Å². The Morgan fingerprint density at radius 1 is 0.647 bits per heavy atom. The van der Waals surface area contributed by atoms with Crippen LogP contribution in [0.3, 0.4) is 0 Å². The van der Waals surface area contributed by atoms with Gasteiger partial charge in [0.25, 0.3) is 0 Å². The lowest BCUT2D eigenvalue weighted by atomic mass is 9.92. The Hall–Kier alpha value is 0.480. The summed E-state index contributed by atoms with van der Waals surface area (Å²) in [5.41, 5.74) is 0. The molecule has 1 heteroatoms. The van der Waals surface area contributed by atoms with Gasteiger partial charge in [0.1, 0.15) is 0 Å². The van der Waals surface area contributed by atoms with Gasteiger partial charge in [0.2, 0.25) is 0 Å². The molecule has 0 fully saturated rings. The summed E-state index contributed by atoms with van der Waals surface area (Å²) >= 11 is 3.51. The number of hydrogen-bond acceptors (Lipinski definition) is 0. The van der Waals surface area contributed by atoms with E-state index in [0.717, 1.165) is 17.8 Å². The number of halogens is 1. The van der Waals surface area contributed by atoms with Crippen molar-refractivity contribution in [2.24, 2.45) is 17.8 Å². The molecule has 0 spiro atoms. The van der Waals surface area contributed by atoms with Crippen molar-refractivity contribution in [2.75, 3.05) is 5.33 Å². The van der Waals surface area contributed by atoms with Crippen LogP contribution in [0.1, 0.15) is 79.1 Å². The molecule has 0 bridgehead atoms. The first-order valence-corrected chi connectivity index (χ1v) is 8.74. The first kappa shape index (κ1) is 17.5.